The Morgan fingerprint density at radius 3 is 2.53 bits per heavy atom. The SMILES string of the molecule is CCCNC(C)C(CC)Cc1c(F)ccc(Br)c1F. The van der Waals surface area contributed by atoms with Gasteiger partial charge < -0.3 is 5.32 Å². The maximum Gasteiger partial charge on any atom is 0.143 e. The van der Waals surface area contributed by atoms with E-state index < -0.39 is 11.6 Å². The molecular weight excluding hydrogens is 312 g/mol. The molecule has 2 atom stereocenters. The van der Waals surface area contributed by atoms with Gasteiger partial charge in [0.2, 0.25) is 0 Å². The summed E-state index contributed by atoms with van der Waals surface area (Å²) in [7, 11) is 0. The van der Waals surface area contributed by atoms with Gasteiger partial charge in [0.05, 0.1) is 4.47 Å². The minimum atomic E-state index is -0.471. The molecule has 0 radical (unpaired) electrons. The summed E-state index contributed by atoms with van der Waals surface area (Å²) < 4.78 is 28.1. The molecule has 19 heavy (non-hydrogen) atoms. The molecule has 0 bridgehead atoms. The van der Waals surface area contributed by atoms with Crippen LogP contribution in [0.5, 0.6) is 0 Å². The third-order valence-corrected chi connectivity index (χ3v) is 4.17. The van der Waals surface area contributed by atoms with E-state index in [1.807, 2.05) is 0 Å². The highest BCUT2D eigenvalue weighted by Gasteiger charge is 2.20. The molecule has 1 aromatic carbocycles. The molecule has 0 saturated carbocycles. The second-order valence-electron chi connectivity index (χ2n) is 4.94. The second-order valence-corrected chi connectivity index (χ2v) is 5.79. The predicted molar refractivity (Wildman–Crippen MR) is 79.3 cm³/mol. The van der Waals surface area contributed by atoms with Crippen LogP contribution >= 0.6 is 15.9 Å². The van der Waals surface area contributed by atoms with Gasteiger partial charge in [0.15, 0.2) is 0 Å². The first-order valence-corrected chi connectivity index (χ1v) is 7.66. The van der Waals surface area contributed by atoms with Crippen molar-refractivity contribution in [1.29, 1.82) is 0 Å². The third-order valence-electron chi connectivity index (χ3n) is 3.55. The molecule has 108 valence electrons. The lowest BCUT2D eigenvalue weighted by molar-refractivity contribution is 0.353. The molecule has 0 aliphatic heterocycles. The summed E-state index contributed by atoms with van der Waals surface area (Å²) in [5.74, 6) is -0.701. The van der Waals surface area contributed by atoms with Gasteiger partial charge in [-0.15, -0.1) is 0 Å². The fourth-order valence-electron chi connectivity index (χ4n) is 2.23. The average molecular weight is 334 g/mol. The molecule has 1 rings (SSSR count). The van der Waals surface area contributed by atoms with Crippen molar-refractivity contribution in [2.24, 2.45) is 5.92 Å². The molecule has 0 aliphatic rings. The molecule has 2 unspecified atom stereocenters. The summed E-state index contributed by atoms with van der Waals surface area (Å²) >= 11 is 3.11. The molecule has 1 aromatic rings. The van der Waals surface area contributed by atoms with Crippen molar-refractivity contribution in [3.05, 3.63) is 33.8 Å². The number of hydrogen-bond acceptors (Lipinski definition) is 1. The summed E-state index contributed by atoms with van der Waals surface area (Å²) in [4.78, 5) is 0. The van der Waals surface area contributed by atoms with E-state index in [4.69, 9.17) is 0 Å². The summed E-state index contributed by atoms with van der Waals surface area (Å²) in [5, 5.41) is 3.40. The van der Waals surface area contributed by atoms with E-state index in [1.54, 1.807) is 0 Å². The van der Waals surface area contributed by atoms with E-state index in [1.165, 1.54) is 12.1 Å². The maximum atomic E-state index is 14.0. The van der Waals surface area contributed by atoms with Gasteiger partial charge in [-0.1, -0.05) is 20.3 Å². The van der Waals surface area contributed by atoms with Gasteiger partial charge in [0.25, 0.3) is 0 Å². The van der Waals surface area contributed by atoms with Crippen molar-refractivity contribution in [1.82, 2.24) is 5.32 Å². The Kier molecular flexibility index (Phi) is 6.94. The lowest BCUT2D eigenvalue weighted by Gasteiger charge is -2.24. The van der Waals surface area contributed by atoms with E-state index in [0.29, 0.717) is 10.9 Å². The van der Waals surface area contributed by atoms with Gasteiger partial charge in [0.1, 0.15) is 11.6 Å². The number of benzene rings is 1. The van der Waals surface area contributed by atoms with E-state index >= 15 is 0 Å². The lowest BCUT2D eigenvalue weighted by Crippen LogP contribution is -2.35. The Morgan fingerprint density at radius 1 is 1.26 bits per heavy atom. The molecule has 0 spiro atoms. The molecule has 0 saturated heterocycles. The quantitative estimate of drug-likeness (QED) is 0.714. The van der Waals surface area contributed by atoms with Crippen LogP contribution < -0.4 is 5.32 Å². The number of nitrogens with one attached hydrogen (secondary N) is 1. The van der Waals surface area contributed by atoms with Crippen molar-refractivity contribution >= 4 is 15.9 Å². The highest BCUT2D eigenvalue weighted by atomic mass is 79.9. The topological polar surface area (TPSA) is 12.0 Å². The van der Waals surface area contributed by atoms with Crippen LogP contribution in [0.4, 0.5) is 8.78 Å². The molecule has 1 N–H and O–H groups in total. The Bertz CT molecular complexity index is 409. The van der Waals surface area contributed by atoms with Crippen LogP contribution in [-0.2, 0) is 6.42 Å². The minimum Gasteiger partial charge on any atom is -0.314 e. The first-order valence-electron chi connectivity index (χ1n) is 6.86. The van der Waals surface area contributed by atoms with Crippen LogP contribution in [-0.4, -0.2) is 12.6 Å². The minimum absolute atomic E-state index is 0.186. The van der Waals surface area contributed by atoms with Crippen molar-refractivity contribution in [3.8, 4) is 0 Å². The highest BCUT2D eigenvalue weighted by molar-refractivity contribution is 9.10. The van der Waals surface area contributed by atoms with Crippen molar-refractivity contribution in [3.63, 3.8) is 0 Å². The van der Waals surface area contributed by atoms with Crippen LogP contribution in [0.25, 0.3) is 0 Å². The second kappa shape index (κ2) is 7.95. The van der Waals surface area contributed by atoms with E-state index in [-0.39, 0.29) is 17.5 Å². The molecule has 0 amide bonds. The monoisotopic (exact) mass is 333 g/mol. The number of hydrogen-bond donors (Lipinski definition) is 1. The van der Waals surface area contributed by atoms with Crippen LogP contribution in [0, 0.1) is 17.6 Å². The van der Waals surface area contributed by atoms with Crippen molar-refractivity contribution in [2.45, 2.75) is 46.1 Å². The van der Waals surface area contributed by atoms with Crippen LogP contribution in [0.2, 0.25) is 0 Å². The standard InChI is InChI=1S/C15H22BrF2N/c1-4-8-19-10(3)11(5-2)9-12-14(17)7-6-13(16)15(12)18/h6-7,10-11,19H,4-5,8-9H2,1-3H3. The van der Waals surface area contributed by atoms with Crippen LogP contribution in [0.1, 0.15) is 39.2 Å². The number of halogens is 3. The fourth-order valence-corrected chi connectivity index (χ4v) is 2.60. The smallest absolute Gasteiger partial charge is 0.143 e. The summed E-state index contributed by atoms with van der Waals surface area (Å²) in [6.07, 6.45) is 2.37. The van der Waals surface area contributed by atoms with Gasteiger partial charge >= 0.3 is 0 Å². The molecule has 0 fully saturated rings. The Hall–Kier alpha value is -0.480. The zero-order valence-electron chi connectivity index (χ0n) is 11.8. The third kappa shape index (κ3) is 4.53. The van der Waals surface area contributed by atoms with Gasteiger partial charge in [-0.25, -0.2) is 8.78 Å². The molecular formula is C15H22BrF2N. The molecule has 1 nitrogen and oxygen atoms in total. The first-order chi connectivity index (χ1) is 9.01. The van der Waals surface area contributed by atoms with Crippen LogP contribution in [0.15, 0.2) is 16.6 Å². The summed E-state index contributed by atoms with van der Waals surface area (Å²) in [6, 6.07) is 2.98. The Labute approximate surface area is 122 Å². The molecule has 4 heteroatoms. The average Bonchev–Trinajstić information content (AvgIpc) is 2.40. The van der Waals surface area contributed by atoms with E-state index in [0.717, 1.165) is 19.4 Å². The van der Waals surface area contributed by atoms with Gasteiger partial charge in [-0.2, -0.15) is 0 Å². The molecule has 0 heterocycles. The molecule has 0 aliphatic carbocycles. The van der Waals surface area contributed by atoms with E-state index in [2.05, 4.69) is 42.0 Å². The predicted octanol–water partition coefficient (Wildman–Crippen LogP) is 4.68. The normalized spacial score (nSPS) is 14.4. The lowest BCUT2D eigenvalue weighted by atomic mass is 9.90. The van der Waals surface area contributed by atoms with Crippen molar-refractivity contribution < 1.29 is 8.78 Å². The highest BCUT2D eigenvalue weighted by Crippen LogP contribution is 2.26. The Balaban J connectivity index is 2.84. The van der Waals surface area contributed by atoms with Crippen molar-refractivity contribution in [2.75, 3.05) is 6.54 Å². The van der Waals surface area contributed by atoms with Gasteiger partial charge in [-0.05, 0) is 60.3 Å². The zero-order valence-corrected chi connectivity index (χ0v) is 13.4. The van der Waals surface area contributed by atoms with Gasteiger partial charge in [0, 0.05) is 11.6 Å². The Morgan fingerprint density at radius 2 is 1.95 bits per heavy atom. The largest absolute Gasteiger partial charge is 0.314 e. The maximum absolute atomic E-state index is 14.0. The fraction of sp³-hybridized carbons (Fsp3) is 0.600. The van der Waals surface area contributed by atoms with E-state index in [9.17, 15) is 8.78 Å². The van der Waals surface area contributed by atoms with Crippen LogP contribution in [0.3, 0.4) is 0 Å². The molecule has 0 aromatic heterocycles. The summed E-state index contributed by atoms with van der Waals surface area (Å²) in [6.45, 7) is 7.18. The number of rotatable bonds is 7. The summed E-state index contributed by atoms with van der Waals surface area (Å²) in [5.41, 5.74) is 0.186. The first kappa shape index (κ1) is 16.6. The van der Waals surface area contributed by atoms with Gasteiger partial charge in [-0.3, -0.25) is 0 Å². The zero-order chi connectivity index (χ0) is 14.4.